The first-order valence-electron chi connectivity index (χ1n) is 8.01. The zero-order chi connectivity index (χ0) is 18.4. The van der Waals surface area contributed by atoms with E-state index in [-0.39, 0.29) is 23.8 Å². The Morgan fingerprint density at radius 1 is 1.00 bits per heavy atom. The van der Waals surface area contributed by atoms with E-state index in [2.05, 4.69) is 5.32 Å². The van der Waals surface area contributed by atoms with Gasteiger partial charge in [0.25, 0.3) is 5.91 Å². The minimum atomic E-state index is -0.595. The number of benzene rings is 1. The van der Waals surface area contributed by atoms with Gasteiger partial charge in [0, 0.05) is 24.7 Å². The standard InChI is InChI=1S/C18H28N2O4/c1-11(2)16(18(22)20(5)12(3)4)19-17(21)13-8-14(23-6)10-15(9-13)24-7/h8-12,16H,1-7H3,(H,19,21). The third-order valence-electron chi connectivity index (χ3n) is 3.96. The maximum atomic E-state index is 12.6. The van der Waals surface area contributed by atoms with Crippen LogP contribution in [0.15, 0.2) is 18.2 Å². The van der Waals surface area contributed by atoms with Crippen LogP contribution in [0.4, 0.5) is 0 Å². The number of likely N-dealkylation sites (N-methyl/N-ethyl adjacent to an activating group) is 1. The van der Waals surface area contributed by atoms with Crippen molar-refractivity contribution in [3.8, 4) is 11.5 Å². The van der Waals surface area contributed by atoms with Crippen LogP contribution in [-0.2, 0) is 4.79 Å². The number of rotatable bonds is 7. The molecule has 0 spiro atoms. The van der Waals surface area contributed by atoms with Crippen molar-refractivity contribution in [1.29, 1.82) is 0 Å². The molecule has 0 aliphatic heterocycles. The quantitative estimate of drug-likeness (QED) is 0.830. The number of nitrogens with one attached hydrogen (secondary N) is 1. The number of amides is 2. The van der Waals surface area contributed by atoms with Gasteiger partial charge in [-0.15, -0.1) is 0 Å². The number of carbonyl (C=O) groups excluding carboxylic acids is 2. The molecule has 0 aromatic heterocycles. The molecule has 0 saturated heterocycles. The van der Waals surface area contributed by atoms with Gasteiger partial charge in [0.15, 0.2) is 0 Å². The molecule has 1 atom stereocenters. The minimum Gasteiger partial charge on any atom is -0.497 e. The van der Waals surface area contributed by atoms with Crippen LogP contribution in [0, 0.1) is 5.92 Å². The Morgan fingerprint density at radius 2 is 1.50 bits per heavy atom. The molecule has 0 fully saturated rings. The van der Waals surface area contributed by atoms with Crippen molar-refractivity contribution < 1.29 is 19.1 Å². The Balaban J connectivity index is 3.03. The molecular weight excluding hydrogens is 308 g/mol. The average Bonchev–Trinajstić information content (AvgIpc) is 2.56. The molecule has 1 unspecified atom stereocenters. The zero-order valence-electron chi connectivity index (χ0n) is 15.5. The molecule has 0 heterocycles. The van der Waals surface area contributed by atoms with E-state index < -0.39 is 6.04 Å². The first-order valence-corrected chi connectivity index (χ1v) is 8.01. The third kappa shape index (κ3) is 4.88. The van der Waals surface area contributed by atoms with Gasteiger partial charge < -0.3 is 19.7 Å². The maximum Gasteiger partial charge on any atom is 0.252 e. The number of hydrogen-bond donors (Lipinski definition) is 1. The molecule has 0 radical (unpaired) electrons. The summed E-state index contributed by atoms with van der Waals surface area (Å²) in [5.74, 6) is 0.562. The van der Waals surface area contributed by atoms with E-state index in [1.54, 1.807) is 30.1 Å². The van der Waals surface area contributed by atoms with Crippen molar-refractivity contribution in [2.75, 3.05) is 21.3 Å². The van der Waals surface area contributed by atoms with Crippen LogP contribution >= 0.6 is 0 Å². The topological polar surface area (TPSA) is 67.9 Å². The number of ether oxygens (including phenoxy) is 2. The summed E-state index contributed by atoms with van der Waals surface area (Å²) in [5.41, 5.74) is 0.386. The molecule has 0 aliphatic rings. The van der Waals surface area contributed by atoms with Crippen LogP contribution in [0.5, 0.6) is 11.5 Å². The van der Waals surface area contributed by atoms with E-state index in [4.69, 9.17) is 9.47 Å². The Bertz CT molecular complexity index is 562. The number of hydrogen-bond acceptors (Lipinski definition) is 4. The van der Waals surface area contributed by atoms with Crippen molar-refractivity contribution in [2.45, 2.75) is 39.8 Å². The lowest BCUT2D eigenvalue weighted by molar-refractivity contribution is -0.134. The van der Waals surface area contributed by atoms with E-state index in [9.17, 15) is 9.59 Å². The summed E-state index contributed by atoms with van der Waals surface area (Å²) >= 11 is 0. The van der Waals surface area contributed by atoms with Crippen LogP contribution in [0.3, 0.4) is 0 Å². The van der Waals surface area contributed by atoms with Crippen molar-refractivity contribution in [2.24, 2.45) is 5.92 Å². The molecule has 0 aliphatic carbocycles. The molecule has 6 nitrogen and oxygen atoms in total. The summed E-state index contributed by atoms with van der Waals surface area (Å²) < 4.78 is 10.4. The molecule has 1 aromatic rings. The Hall–Kier alpha value is -2.24. The largest absolute Gasteiger partial charge is 0.497 e. The van der Waals surface area contributed by atoms with Crippen molar-refractivity contribution in [3.05, 3.63) is 23.8 Å². The van der Waals surface area contributed by atoms with Gasteiger partial charge in [-0.05, 0) is 31.9 Å². The van der Waals surface area contributed by atoms with Crippen molar-refractivity contribution in [1.82, 2.24) is 10.2 Å². The second-order valence-corrected chi connectivity index (χ2v) is 6.34. The van der Waals surface area contributed by atoms with E-state index in [0.717, 1.165) is 0 Å². The average molecular weight is 336 g/mol. The van der Waals surface area contributed by atoms with Crippen molar-refractivity contribution >= 4 is 11.8 Å². The van der Waals surface area contributed by atoms with E-state index in [0.29, 0.717) is 17.1 Å². The highest BCUT2D eigenvalue weighted by Gasteiger charge is 2.28. The molecule has 0 bridgehead atoms. The van der Waals surface area contributed by atoms with Gasteiger partial charge in [0.1, 0.15) is 17.5 Å². The number of methoxy groups -OCH3 is 2. The lowest BCUT2D eigenvalue weighted by atomic mass is 10.0. The lowest BCUT2D eigenvalue weighted by Crippen LogP contribution is -2.51. The van der Waals surface area contributed by atoms with Crippen LogP contribution in [0.25, 0.3) is 0 Å². The molecule has 1 N–H and O–H groups in total. The fraction of sp³-hybridized carbons (Fsp3) is 0.556. The molecule has 134 valence electrons. The van der Waals surface area contributed by atoms with E-state index in [1.165, 1.54) is 14.2 Å². The highest BCUT2D eigenvalue weighted by molar-refractivity contribution is 5.98. The second-order valence-electron chi connectivity index (χ2n) is 6.34. The summed E-state index contributed by atoms with van der Waals surface area (Å²) in [7, 11) is 4.78. The predicted octanol–water partition coefficient (Wildman–Crippen LogP) is 2.32. The van der Waals surface area contributed by atoms with Gasteiger partial charge in [-0.1, -0.05) is 13.8 Å². The summed E-state index contributed by atoms with van der Waals surface area (Å²) in [6.07, 6.45) is 0. The van der Waals surface area contributed by atoms with Gasteiger partial charge in [-0.2, -0.15) is 0 Å². The number of nitrogens with zero attached hydrogens (tertiary/aromatic N) is 1. The first-order chi connectivity index (χ1) is 11.2. The molecule has 1 rings (SSSR count). The lowest BCUT2D eigenvalue weighted by Gasteiger charge is -2.29. The molecule has 2 amide bonds. The summed E-state index contributed by atoms with van der Waals surface area (Å²) in [5, 5.41) is 2.83. The molecule has 1 aromatic carbocycles. The predicted molar refractivity (Wildman–Crippen MR) is 93.5 cm³/mol. The van der Waals surface area contributed by atoms with Crippen LogP contribution < -0.4 is 14.8 Å². The maximum absolute atomic E-state index is 12.6. The second kappa shape index (κ2) is 8.57. The molecule has 6 heteroatoms. The van der Waals surface area contributed by atoms with Crippen LogP contribution in [-0.4, -0.2) is 50.1 Å². The normalized spacial score (nSPS) is 12.0. The Kier molecular flexibility index (Phi) is 7.07. The van der Waals surface area contributed by atoms with E-state index >= 15 is 0 Å². The highest BCUT2D eigenvalue weighted by atomic mass is 16.5. The highest BCUT2D eigenvalue weighted by Crippen LogP contribution is 2.22. The van der Waals surface area contributed by atoms with Gasteiger partial charge >= 0.3 is 0 Å². The van der Waals surface area contributed by atoms with Crippen molar-refractivity contribution in [3.63, 3.8) is 0 Å². The SMILES string of the molecule is COc1cc(OC)cc(C(=O)NC(C(=O)N(C)C(C)C)C(C)C)c1. The fourth-order valence-corrected chi connectivity index (χ4v) is 2.15. The first kappa shape index (κ1) is 19.8. The zero-order valence-corrected chi connectivity index (χ0v) is 15.5. The third-order valence-corrected chi connectivity index (χ3v) is 3.96. The summed E-state index contributed by atoms with van der Waals surface area (Å²) in [6.45, 7) is 7.68. The Morgan fingerprint density at radius 3 is 1.88 bits per heavy atom. The van der Waals surface area contributed by atoms with Gasteiger partial charge in [-0.25, -0.2) is 0 Å². The van der Waals surface area contributed by atoms with Gasteiger partial charge in [-0.3, -0.25) is 9.59 Å². The minimum absolute atomic E-state index is 0.0323. The fourth-order valence-electron chi connectivity index (χ4n) is 2.15. The monoisotopic (exact) mass is 336 g/mol. The molecule has 24 heavy (non-hydrogen) atoms. The molecule has 0 saturated carbocycles. The Labute approximate surface area is 144 Å². The van der Waals surface area contributed by atoms with Crippen LogP contribution in [0.1, 0.15) is 38.1 Å². The van der Waals surface area contributed by atoms with Gasteiger partial charge in [0.05, 0.1) is 14.2 Å². The van der Waals surface area contributed by atoms with Crippen LogP contribution in [0.2, 0.25) is 0 Å². The summed E-state index contributed by atoms with van der Waals surface area (Å²) in [6, 6.07) is 4.39. The summed E-state index contributed by atoms with van der Waals surface area (Å²) in [4.78, 5) is 26.8. The molecular formula is C18H28N2O4. The smallest absolute Gasteiger partial charge is 0.252 e. The van der Waals surface area contributed by atoms with E-state index in [1.807, 2.05) is 27.7 Å². The number of carbonyl (C=O) groups is 2. The van der Waals surface area contributed by atoms with Gasteiger partial charge in [0.2, 0.25) is 5.91 Å².